The minimum absolute atomic E-state index is 0.139. The van der Waals surface area contributed by atoms with Crippen molar-refractivity contribution in [3.63, 3.8) is 0 Å². The van der Waals surface area contributed by atoms with Gasteiger partial charge in [0, 0.05) is 12.5 Å². The summed E-state index contributed by atoms with van der Waals surface area (Å²) in [5.74, 6) is -1.72. The number of anilines is 1. The molecule has 0 fully saturated rings. The summed E-state index contributed by atoms with van der Waals surface area (Å²) < 4.78 is 42.1. The summed E-state index contributed by atoms with van der Waals surface area (Å²) >= 11 is 5.90. The van der Waals surface area contributed by atoms with Gasteiger partial charge in [0.25, 0.3) is 5.56 Å². The highest BCUT2D eigenvalue weighted by molar-refractivity contribution is 6.35. The van der Waals surface area contributed by atoms with Crippen molar-refractivity contribution in [3.05, 3.63) is 81.6 Å². The molecule has 0 aliphatic heterocycles. The zero-order chi connectivity index (χ0) is 24.4. The van der Waals surface area contributed by atoms with Crippen LogP contribution < -0.4 is 11.3 Å². The number of halogens is 4. The lowest BCUT2D eigenvalue weighted by molar-refractivity contribution is 0.573. The number of aromatic nitrogens is 6. The van der Waals surface area contributed by atoms with Crippen LogP contribution in [-0.4, -0.2) is 29.5 Å². The van der Waals surface area contributed by atoms with E-state index >= 15 is 0 Å². The normalized spacial score (nSPS) is 11.0. The number of imidazole rings is 1. The molecule has 0 unspecified atom stereocenters. The number of hydrogen-bond acceptors (Lipinski definition) is 6. The van der Waals surface area contributed by atoms with Crippen LogP contribution in [0.2, 0.25) is 5.02 Å². The first-order valence-corrected chi connectivity index (χ1v) is 10.4. The molecule has 0 aliphatic carbocycles. The summed E-state index contributed by atoms with van der Waals surface area (Å²) in [6, 6.07) is 5.33. The fourth-order valence-electron chi connectivity index (χ4n) is 3.34. The molecule has 0 saturated carbocycles. The third-order valence-corrected chi connectivity index (χ3v) is 5.24. The first-order chi connectivity index (χ1) is 16.3. The van der Waals surface area contributed by atoms with Crippen LogP contribution in [-0.2, 0) is 6.42 Å². The van der Waals surface area contributed by atoms with E-state index in [2.05, 4.69) is 24.9 Å². The Hall–Kier alpha value is -3.99. The molecule has 34 heavy (non-hydrogen) atoms. The van der Waals surface area contributed by atoms with E-state index < -0.39 is 23.0 Å². The standard InChI is InChI=1S/C17H12ClF3N2O.C5H5N5/c1-2-3-14-22-12-6-5-10(20)16(18)15(12)17(24)23(14)13-7-4-9(19)8-11(13)21;6-4-3-5(9-1-7-3)10-2-8-4/h4-8H,2-3H2,1H3;1-2H,(H3,6,7,8,9,10). The second-order valence-electron chi connectivity index (χ2n) is 7.13. The predicted octanol–water partition coefficient (Wildman–Crippen LogP) is 4.34. The summed E-state index contributed by atoms with van der Waals surface area (Å²) in [6.07, 6.45) is 3.96. The van der Waals surface area contributed by atoms with Crippen molar-refractivity contribution in [2.45, 2.75) is 19.8 Å². The molecule has 3 N–H and O–H groups in total. The number of fused-ring (bicyclic) bond motifs is 2. The molecule has 12 heteroatoms. The zero-order valence-electron chi connectivity index (χ0n) is 17.7. The van der Waals surface area contributed by atoms with Crippen molar-refractivity contribution in [1.82, 2.24) is 29.5 Å². The van der Waals surface area contributed by atoms with Crippen molar-refractivity contribution in [1.29, 1.82) is 0 Å². The van der Waals surface area contributed by atoms with Crippen molar-refractivity contribution >= 4 is 39.5 Å². The largest absolute Gasteiger partial charge is 0.382 e. The first-order valence-electron chi connectivity index (χ1n) is 10.1. The summed E-state index contributed by atoms with van der Waals surface area (Å²) in [7, 11) is 0. The van der Waals surface area contributed by atoms with Gasteiger partial charge < -0.3 is 10.7 Å². The Labute approximate surface area is 195 Å². The number of H-pyrrole nitrogens is 1. The van der Waals surface area contributed by atoms with Gasteiger partial charge in [-0.15, -0.1) is 0 Å². The number of nitrogens with zero attached hydrogens (tertiary/aromatic N) is 5. The Balaban J connectivity index is 0.000000226. The summed E-state index contributed by atoms with van der Waals surface area (Å²) in [5, 5.41) is -0.510. The first kappa shape index (κ1) is 23.2. The second-order valence-corrected chi connectivity index (χ2v) is 7.51. The molecule has 174 valence electrons. The SMILES string of the molecule is CCCc1nc2ccc(F)c(Cl)c2c(=O)n1-c1ccc(F)cc1F.Nc1ncnc2nc[nH]c12. The molecule has 3 heterocycles. The van der Waals surface area contributed by atoms with Gasteiger partial charge in [0.2, 0.25) is 0 Å². The van der Waals surface area contributed by atoms with Gasteiger partial charge >= 0.3 is 0 Å². The van der Waals surface area contributed by atoms with Crippen LogP contribution >= 0.6 is 11.6 Å². The van der Waals surface area contributed by atoms with Crippen LogP contribution in [0.5, 0.6) is 0 Å². The van der Waals surface area contributed by atoms with Crippen LogP contribution in [0.1, 0.15) is 19.2 Å². The van der Waals surface area contributed by atoms with Crippen molar-refractivity contribution in [3.8, 4) is 5.69 Å². The van der Waals surface area contributed by atoms with Gasteiger partial charge in [-0.3, -0.25) is 9.36 Å². The molecular weight excluding hydrogens is 471 g/mol. The van der Waals surface area contributed by atoms with E-state index in [1.54, 1.807) is 0 Å². The summed E-state index contributed by atoms with van der Waals surface area (Å²) in [4.78, 5) is 31.5. The second kappa shape index (κ2) is 9.48. The maximum absolute atomic E-state index is 14.2. The van der Waals surface area contributed by atoms with Gasteiger partial charge in [0.15, 0.2) is 11.5 Å². The Kier molecular flexibility index (Phi) is 6.46. The van der Waals surface area contributed by atoms with Gasteiger partial charge in [-0.05, 0) is 30.7 Å². The third-order valence-electron chi connectivity index (χ3n) is 4.87. The molecule has 8 nitrogen and oxygen atoms in total. The van der Waals surface area contributed by atoms with Gasteiger partial charge in [-0.1, -0.05) is 18.5 Å². The number of aromatic amines is 1. The Morgan fingerprint density at radius 3 is 2.59 bits per heavy atom. The molecule has 0 saturated heterocycles. The van der Waals surface area contributed by atoms with E-state index in [0.29, 0.717) is 41.7 Å². The maximum atomic E-state index is 14.2. The molecule has 0 amide bonds. The zero-order valence-corrected chi connectivity index (χ0v) is 18.4. The van der Waals surface area contributed by atoms with Crippen molar-refractivity contribution in [2.24, 2.45) is 0 Å². The molecule has 2 aromatic carbocycles. The topological polar surface area (TPSA) is 115 Å². The minimum Gasteiger partial charge on any atom is -0.382 e. The molecule has 5 aromatic rings. The molecule has 0 aliphatic rings. The lowest BCUT2D eigenvalue weighted by Gasteiger charge is -2.14. The number of rotatable bonds is 3. The fraction of sp³-hybridized carbons (Fsp3) is 0.136. The summed E-state index contributed by atoms with van der Waals surface area (Å²) in [5.41, 5.74) is 6.16. The molecule has 5 rings (SSSR count). The number of nitrogens with one attached hydrogen (secondary N) is 1. The van der Waals surface area contributed by atoms with Crippen LogP contribution in [0.15, 0.2) is 47.8 Å². The molecule has 0 atom stereocenters. The average Bonchev–Trinajstić information content (AvgIpc) is 3.28. The van der Waals surface area contributed by atoms with E-state index in [0.717, 1.165) is 22.8 Å². The molecule has 0 spiro atoms. The van der Waals surface area contributed by atoms with Gasteiger partial charge in [0.1, 0.15) is 35.1 Å². The highest BCUT2D eigenvalue weighted by Gasteiger charge is 2.19. The van der Waals surface area contributed by atoms with E-state index in [4.69, 9.17) is 17.3 Å². The highest BCUT2D eigenvalue weighted by Crippen LogP contribution is 2.24. The molecular formula is C22H17ClF3N7O. The van der Waals surface area contributed by atoms with E-state index in [1.807, 2.05) is 6.92 Å². The van der Waals surface area contributed by atoms with Crippen molar-refractivity contribution in [2.75, 3.05) is 5.73 Å². The minimum atomic E-state index is -0.914. The van der Waals surface area contributed by atoms with Gasteiger partial charge in [-0.2, -0.15) is 0 Å². The molecule has 0 bridgehead atoms. The monoisotopic (exact) mass is 487 g/mol. The Morgan fingerprint density at radius 1 is 1.09 bits per heavy atom. The fourth-order valence-corrected chi connectivity index (χ4v) is 3.58. The maximum Gasteiger partial charge on any atom is 0.267 e. The smallest absolute Gasteiger partial charge is 0.267 e. The Bertz CT molecular complexity index is 1570. The summed E-state index contributed by atoms with van der Waals surface area (Å²) in [6.45, 7) is 1.87. The van der Waals surface area contributed by atoms with Crippen LogP contribution in [0.3, 0.4) is 0 Å². The van der Waals surface area contributed by atoms with Crippen LogP contribution in [0, 0.1) is 17.5 Å². The van der Waals surface area contributed by atoms with Gasteiger partial charge in [-0.25, -0.2) is 33.1 Å². The van der Waals surface area contributed by atoms with Crippen molar-refractivity contribution < 1.29 is 13.2 Å². The third kappa shape index (κ3) is 4.29. The van der Waals surface area contributed by atoms with Gasteiger partial charge in [0.05, 0.1) is 27.9 Å². The number of nitrogen functional groups attached to an aromatic ring is 1. The number of nitrogens with two attached hydrogens (primary N) is 1. The predicted molar refractivity (Wildman–Crippen MR) is 122 cm³/mol. The number of aryl methyl sites for hydroxylation is 1. The number of benzene rings is 2. The van der Waals surface area contributed by atoms with Crippen LogP contribution in [0.4, 0.5) is 19.0 Å². The average molecular weight is 488 g/mol. The lowest BCUT2D eigenvalue weighted by atomic mass is 10.2. The molecule has 3 aromatic heterocycles. The molecule has 0 radical (unpaired) electrons. The quantitative estimate of drug-likeness (QED) is 0.391. The van der Waals surface area contributed by atoms with Crippen LogP contribution in [0.25, 0.3) is 27.8 Å². The van der Waals surface area contributed by atoms with E-state index in [9.17, 15) is 18.0 Å². The van der Waals surface area contributed by atoms with E-state index in [-0.39, 0.29) is 21.6 Å². The van der Waals surface area contributed by atoms with E-state index in [1.165, 1.54) is 18.7 Å². The lowest BCUT2D eigenvalue weighted by Crippen LogP contribution is -2.25. The highest BCUT2D eigenvalue weighted by atomic mass is 35.5. The number of hydrogen-bond donors (Lipinski definition) is 2. The Morgan fingerprint density at radius 2 is 1.88 bits per heavy atom.